The minimum Gasteiger partial charge on any atom is -0.320 e. The fourth-order valence-corrected chi connectivity index (χ4v) is 1.19. The lowest BCUT2D eigenvalue weighted by Gasteiger charge is -2.04. The summed E-state index contributed by atoms with van der Waals surface area (Å²) in [5, 5.41) is 12.7. The van der Waals surface area contributed by atoms with Gasteiger partial charge in [0.2, 0.25) is 5.91 Å². The number of carbonyl (C=O) groups is 2. The van der Waals surface area contributed by atoms with E-state index in [9.17, 15) is 24.1 Å². The van der Waals surface area contributed by atoms with Crippen LogP contribution in [-0.2, 0) is 9.59 Å². The predicted octanol–water partition coefficient (Wildman–Crippen LogP) is 1.65. The van der Waals surface area contributed by atoms with Crippen LogP contribution in [0.2, 0.25) is 0 Å². The number of hydrogen-bond donors (Lipinski definition) is 1. The quantitative estimate of drug-likeness (QED) is 0.492. The average molecular weight is 240 g/mol. The Labute approximate surface area is 95.6 Å². The van der Waals surface area contributed by atoms with Crippen LogP contribution in [0.4, 0.5) is 15.8 Å². The summed E-state index contributed by atoms with van der Waals surface area (Å²) in [5.41, 5.74) is -0.690. The maximum Gasteiger partial charge on any atom is 0.292 e. The van der Waals surface area contributed by atoms with Crippen molar-refractivity contribution in [1.82, 2.24) is 0 Å². The molecule has 0 heterocycles. The maximum atomic E-state index is 12.9. The van der Waals surface area contributed by atoms with Crippen LogP contribution in [0.5, 0.6) is 0 Å². The van der Waals surface area contributed by atoms with Crippen LogP contribution in [0, 0.1) is 15.9 Å². The first-order valence-electron chi connectivity index (χ1n) is 4.63. The summed E-state index contributed by atoms with van der Waals surface area (Å²) < 4.78 is 12.9. The van der Waals surface area contributed by atoms with Gasteiger partial charge in [0.05, 0.1) is 11.3 Å². The van der Waals surface area contributed by atoms with Gasteiger partial charge in [0.1, 0.15) is 17.3 Å². The van der Waals surface area contributed by atoms with Crippen LogP contribution in [0.1, 0.15) is 13.3 Å². The molecular formula is C10H9FN2O4. The summed E-state index contributed by atoms with van der Waals surface area (Å²) in [5.74, 6) is -1.82. The monoisotopic (exact) mass is 240 g/mol. The van der Waals surface area contributed by atoms with Crippen molar-refractivity contribution in [3.05, 3.63) is 34.1 Å². The number of carbonyl (C=O) groups excluding carboxylic acids is 2. The molecule has 0 spiro atoms. The molecular weight excluding hydrogens is 231 g/mol. The van der Waals surface area contributed by atoms with Crippen LogP contribution in [0.25, 0.3) is 0 Å². The van der Waals surface area contributed by atoms with E-state index < -0.39 is 28.8 Å². The molecule has 1 N–H and O–H groups in total. The van der Waals surface area contributed by atoms with E-state index in [2.05, 4.69) is 5.32 Å². The molecule has 17 heavy (non-hydrogen) atoms. The van der Waals surface area contributed by atoms with E-state index in [1.54, 1.807) is 0 Å². The second-order valence-electron chi connectivity index (χ2n) is 3.35. The number of rotatable bonds is 4. The molecule has 0 bridgehead atoms. The standard InChI is InChI=1S/C10H9FN2O4/c1-6(14)4-10(15)12-8-5-7(11)2-3-9(8)13(16)17/h2-3,5H,4H2,1H3,(H,12,15). The Hall–Kier alpha value is -2.31. The van der Waals surface area contributed by atoms with E-state index in [1.807, 2.05) is 0 Å². The predicted molar refractivity (Wildman–Crippen MR) is 57.0 cm³/mol. The lowest BCUT2D eigenvalue weighted by Crippen LogP contribution is -2.15. The summed E-state index contributed by atoms with van der Waals surface area (Å²) >= 11 is 0. The number of nitrogens with one attached hydrogen (secondary N) is 1. The van der Waals surface area contributed by atoms with Gasteiger partial charge in [-0.3, -0.25) is 19.7 Å². The number of benzene rings is 1. The van der Waals surface area contributed by atoms with E-state index in [4.69, 9.17) is 0 Å². The highest BCUT2D eigenvalue weighted by atomic mass is 19.1. The first-order valence-corrected chi connectivity index (χ1v) is 4.63. The molecule has 1 aromatic carbocycles. The highest BCUT2D eigenvalue weighted by Gasteiger charge is 2.17. The number of hydrogen-bond acceptors (Lipinski definition) is 4. The summed E-state index contributed by atoms with van der Waals surface area (Å²) in [6.45, 7) is 1.21. The van der Waals surface area contributed by atoms with Gasteiger partial charge in [-0.2, -0.15) is 0 Å². The van der Waals surface area contributed by atoms with Crippen molar-refractivity contribution >= 4 is 23.1 Å². The molecule has 1 amide bonds. The van der Waals surface area contributed by atoms with Gasteiger partial charge in [-0.05, 0) is 13.0 Å². The average Bonchev–Trinajstić information content (AvgIpc) is 2.15. The zero-order valence-corrected chi connectivity index (χ0v) is 8.90. The van der Waals surface area contributed by atoms with Gasteiger partial charge < -0.3 is 5.32 Å². The highest BCUT2D eigenvalue weighted by Crippen LogP contribution is 2.24. The van der Waals surface area contributed by atoms with Gasteiger partial charge in [-0.1, -0.05) is 0 Å². The normalized spacial score (nSPS) is 9.76. The lowest BCUT2D eigenvalue weighted by molar-refractivity contribution is -0.384. The summed E-state index contributed by atoms with van der Waals surface area (Å²) in [7, 11) is 0. The fourth-order valence-electron chi connectivity index (χ4n) is 1.19. The summed E-state index contributed by atoms with van der Waals surface area (Å²) in [4.78, 5) is 31.7. The largest absolute Gasteiger partial charge is 0.320 e. The highest BCUT2D eigenvalue weighted by molar-refractivity contribution is 6.04. The molecule has 0 saturated heterocycles. The molecule has 90 valence electrons. The van der Waals surface area contributed by atoms with E-state index in [0.717, 1.165) is 18.2 Å². The molecule has 0 aliphatic rings. The molecule has 6 nitrogen and oxygen atoms in total. The zero-order chi connectivity index (χ0) is 13.0. The number of amides is 1. The summed E-state index contributed by atoms with van der Waals surface area (Å²) in [6.07, 6.45) is -0.409. The van der Waals surface area contributed by atoms with Crippen molar-refractivity contribution in [2.75, 3.05) is 5.32 Å². The molecule has 0 aliphatic carbocycles. The number of nitro benzene ring substituents is 1. The smallest absolute Gasteiger partial charge is 0.292 e. The van der Waals surface area contributed by atoms with Gasteiger partial charge in [0.25, 0.3) is 5.69 Å². The molecule has 0 aromatic heterocycles. The minimum absolute atomic E-state index is 0.263. The van der Waals surface area contributed by atoms with Crippen molar-refractivity contribution in [3.8, 4) is 0 Å². The molecule has 0 unspecified atom stereocenters. The van der Waals surface area contributed by atoms with E-state index in [1.165, 1.54) is 6.92 Å². The number of halogens is 1. The van der Waals surface area contributed by atoms with Gasteiger partial charge in [-0.15, -0.1) is 0 Å². The van der Waals surface area contributed by atoms with Crippen molar-refractivity contribution in [3.63, 3.8) is 0 Å². The minimum atomic E-state index is -0.747. The van der Waals surface area contributed by atoms with Crippen LogP contribution < -0.4 is 5.32 Å². The van der Waals surface area contributed by atoms with E-state index >= 15 is 0 Å². The Bertz CT molecular complexity index is 487. The van der Waals surface area contributed by atoms with Crippen molar-refractivity contribution in [2.45, 2.75) is 13.3 Å². The second kappa shape index (κ2) is 5.15. The number of Topliss-reactive ketones (excluding diaryl/α,β-unsaturated/α-hetero) is 1. The van der Waals surface area contributed by atoms with Gasteiger partial charge in [0.15, 0.2) is 0 Å². The molecule has 0 aliphatic heterocycles. The first kappa shape index (κ1) is 12.8. The molecule has 0 radical (unpaired) electrons. The summed E-state index contributed by atoms with van der Waals surface area (Å²) in [6, 6.07) is 2.69. The third-order valence-corrected chi connectivity index (χ3v) is 1.84. The first-order chi connectivity index (χ1) is 7.90. The molecule has 1 aromatic rings. The maximum absolute atomic E-state index is 12.9. The van der Waals surface area contributed by atoms with Gasteiger partial charge in [0, 0.05) is 12.1 Å². The Balaban J connectivity index is 2.96. The van der Waals surface area contributed by atoms with Crippen LogP contribution in [0.3, 0.4) is 0 Å². The number of nitrogens with zero attached hydrogens (tertiary/aromatic N) is 1. The lowest BCUT2D eigenvalue weighted by atomic mass is 10.2. The zero-order valence-electron chi connectivity index (χ0n) is 8.90. The third kappa shape index (κ3) is 3.63. The fraction of sp³-hybridized carbons (Fsp3) is 0.200. The van der Waals surface area contributed by atoms with Crippen LogP contribution in [-0.4, -0.2) is 16.6 Å². The number of anilines is 1. The molecule has 7 heteroatoms. The molecule has 0 saturated carbocycles. The Morgan fingerprint density at radius 1 is 1.47 bits per heavy atom. The Morgan fingerprint density at radius 2 is 2.12 bits per heavy atom. The van der Waals surface area contributed by atoms with Gasteiger partial charge >= 0.3 is 0 Å². The molecule has 0 fully saturated rings. The van der Waals surface area contributed by atoms with Gasteiger partial charge in [-0.25, -0.2) is 4.39 Å². The second-order valence-corrected chi connectivity index (χ2v) is 3.35. The van der Waals surface area contributed by atoms with E-state index in [-0.39, 0.29) is 11.5 Å². The SMILES string of the molecule is CC(=O)CC(=O)Nc1cc(F)ccc1[N+](=O)[O-]. The van der Waals surface area contributed by atoms with Crippen molar-refractivity contribution < 1.29 is 18.9 Å². The Morgan fingerprint density at radius 3 is 2.65 bits per heavy atom. The van der Waals surface area contributed by atoms with Crippen molar-refractivity contribution in [2.24, 2.45) is 0 Å². The van der Waals surface area contributed by atoms with Crippen molar-refractivity contribution in [1.29, 1.82) is 0 Å². The topological polar surface area (TPSA) is 89.3 Å². The van der Waals surface area contributed by atoms with Crippen LogP contribution >= 0.6 is 0 Å². The number of ketones is 1. The van der Waals surface area contributed by atoms with E-state index in [0.29, 0.717) is 0 Å². The molecule has 0 atom stereocenters. The number of nitro groups is 1. The third-order valence-electron chi connectivity index (χ3n) is 1.84. The Kier molecular flexibility index (Phi) is 3.86. The van der Waals surface area contributed by atoms with Crippen LogP contribution in [0.15, 0.2) is 18.2 Å². The molecule has 1 rings (SSSR count).